The van der Waals surface area contributed by atoms with Gasteiger partial charge in [0.25, 0.3) is 0 Å². The molecule has 114 valence electrons. The average Bonchev–Trinajstić information content (AvgIpc) is 3.00. The number of benzene rings is 1. The highest BCUT2D eigenvalue weighted by Gasteiger charge is 2.12. The number of nitrogens with one attached hydrogen (secondary N) is 1. The average molecular weight is 304 g/mol. The molecule has 2 aromatic rings. The number of hydrogen-bond donors (Lipinski definition) is 2. The van der Waals surface area contributed by atoms with E-state index < -0.39 is 0 Å². The maximum Gasteiger partial charge on any atom is 0.0896 e. The fourth-order valence-electron chi connectivity index (χ4n) is 2.22. The van der Waals surface area contributed by atoms with Crippen LogP contribution in [-0.4, -0.2) is 25.2 Å². The smallest absolute Gasteiger partial charge is 0.0896 e. The second-order valence-electron chi connectivity index (χ2n) is 5.61. The molecule has 21 heavy (non-hydrogen) atoms. The molecule has 0 aliphatic rings. The van der Waals surface area contributed by atoms with Gasteiger partial charge in [0.2, 0.25) is 0 Å². The largest absolute Gasteiger partial charge is 0.388 e. The predicted molar refractivity (Wildman–Crippen MR) is 91.0 cm³/mol. The van der Waals surface area contributed by atoms with Gasteiger partial charge in [-0.15, -0.1) is 11.3 Å². The summed E-state index contributed by atoms with van der Waals surface area (Å²) in [6, 6.07) is 12.8. The number of aliphatic hydroxyl groups excluding tert-OH is 1. The van der Waals surface area contributed by atoms with Crippen LogP contribution in [0.1, 0.15) is 29.9 Å². The van der Waals surface area contributed by atoms with Crippen LogP contribution in [0, 0.1) is 0 Å². The number of anilines is 1. The lowest BCUT2D eigenvalue weighted by molar-refractivity contribution is 0.157. The molecular weight excluding hydrogens is 280 g/mol. The fraction of sp³-hybridized carbons (Fsp3) is 0.412. The highest BCUT2D eigenvalue weighted by atomic mass is 32.1. The van der Waals surface area contributed by atoms with Crippen LogP contribution in [0.25, 0.3) is 0 Å². The van der Waals surface area contributed by atoms with Crippen molar-refractivity contribution >= 4 is 17.0 Å². The molecule has 4 heteroatoms. The van der Waals surface area contributed by atoms with E-state index in [1.165, 1.54) is 11.3 Å². The fourth-order valence-corrected chi connectivity index (χ4v) is 2.94. The van der Waals surface area contributed by atoms with Crippen LogP contribution in [0.3, 0.4) is 0 Å². The zero-order valence-electron chi connectivity index (χ0n) is 12.9. The van der Waals surface area contributed by atoms with Crippen molar-refractivity contribution in [2.45, 2.75) is 32.0 Å². The molecule has 0 saturated heterocycles. The van der Waals surface area contributed by atoms with Crippen LogP contribution < -0.4 is 10.2 Å². The Kier molecular flexibility index (Phi) is 5.79. The van der Waals surface area contributed by atoms with Gasteiger partial charge in [-0.3, -0.25) is 0 Å². The molecule has 2 N–H and O–H groups in total. The van der Waals surface area contributed by atoms with Crippen molar-refractivity contribution in [2.24, 2.45) is 0 Å². The molecule has 2 unspecified atom stereocenters. The van der Waals surface area contributed by atoms with Crippen molar-refractivity contribution in [1.29, 1.82) is 0 Å². The lowest BCUT2D eigenvalue weighted by Gasteiger charge is -2.18. The summed E-state index contributed by atoms with van der Waals surface area (Å²) in [5, 5.41) is 15.6. The quantitative estimate of drug-likeness (QED) is 0.823. The van der Waals surface area contributed by atoms with E-state index in [-0.39, 0.29) is 12.1 Å². The molecule has 0 aliphatic heterocycles. The van der Waals surface area contributed by atoms with Crippen molar-refractivity contribution in [3.05, 3.63) is 52.2 Å². The Morgan fingerprint density at radius 1 is 1.19 bits per heavy atom. The van der Waals surface area contributed by atoms with Gasteiger partial charge in [-0.25, -0.2) is 0 Å². The SMILES string of the molecule is CC(CC(O)c1cccs1)NCc1ccc(N(C)C)cc1. The molecule has 0 spiro atoms. The van der Waals surface area contributed by atoms with E-state index in [1.54, 1.807) is 11.3 Å². The van der Waals surface area contributed by atoms with Gasteiger partial charge in [-0.05, 0) is 42.5 Å². The maximum atomic E-state index is 10.1. The molecule has 0 radical (unpaired) electrons. The summed E-state index contributed by atoms with van der Waals surface area (Å²) >= 11 is 1.61. The first-order valence-electron chi connectivity index (χ1n) is 7.27. The predicted octanol–water partition coefficient (Wildman–Crippen LogP) is 3.42. The highest BCUT2D eigenvalue weighted by molar-refractivity contribution is 7.10. The summed E-state index contributed by atoms with van der Waals surface area (Å²) in [4.78, 5) is 3.14. The van der Waals surface area contributed by atoms with Crippen LogP contribution in [0.15, 0.2) is 41.8 Å². The van der Waals surface area contributed by atoms with Gasteiger partial charge in [0, 0.05) is 37.2 Å². The van der Waals surface area contributed by atoms with Crippen LogP contribution in [0.5, 0.6) is 0 Å². The van der Waals surface area contributed by atoms with Crippen LogP contribution in [-0.2, 0) is 6.54 Å². The van der Waals surface area contributed by atoms with Gasteiger partial charge in [0.05, 0.1) is 6.10 Å². The molecule has 2 atom stereocenters. The van der Waals surface area contributed by atoms with Crippen molar-refractivity contribution in [2.75, 3.05) is 19.0 Å². The number of hydrogen-bond acceptors (Lipinski definition) is 4. The summed E-state index contributed by atoms with van der Waals surface area (Å²) < 4.78 is 0. The van der Waals surface area contributed by atoms with Gasteiger partial charge in [-0.2, -0.15) is 0 Å². The Labute approximate surface area is 131 Å². The van der Waals surface area contributed by atoms with Crippen molar-refractivity contribution in [3.8, 4) is 0 Å². The van der Waals surface area contributed by atoms with E-state index in [0.29, 0.717) is 0 Å². The lowest BCUT2D eigenvalue weighted by Crippen LogP contribution is -2.27. The van der Waals surface area contributed by atoms with Crippen molar-refractivity contribution in [3.63, 3.8) is 0 Å². The minimum absolute atomic E-state index is 0.274. The standard InChI is InChI=1S/C17H24N2OS/c1-13(11-16(20)17-5-4-10-21-17)18-12-14-6-8-15(9-7-14)19(2)3/h4-10,13,16,18,20H,11-12H2,1-3H3. The maximum absolute atomic E-state index is 10.1. The second kappa shape index (κ2) is 7.59. The Morgan fingerprint density at radius 2 is 1.90 bits per heavy atom. The summed E-state index contributed by atoms with van der Waals surface area (Å²) in [6.07, 6.45) is 0.361. The van der Waals surface area contributed by atoms with E-state index in [1.807, 2.05) is 31.6 Å². The molecule has 1 aromatic heterocycles. The number of thiophene rings is 1. The van der Waals surface area contributed by atoms with E-state index in [0.717, 1.165) is 17.8 Å². The minimum atomic E-state index is -0.372. The Balaban J connectivity index is 1.79. The first-order valence-corrected chi connectivity index (χ1v) is 8.15. The van der Waals surface area contributed by atoms with Gasteiger partial charge in [0.1, 0.15) is 0 Å². The van der Waals surface area contributed by atoms with Crippen LogP contribution in [0.2, 0.25) is 0 Å². The summed E-state index contributed by atoms with van der Waals surface area (Å²) in [5.74, 6) is 0. The Hall–Kier alpha value is -1.36. The molecule has 2 rings (SSSR count). The zero-order valence-corrected chi connectivity index (χ0v) is 13.7. The topological polar surface area (TPSA) is 35.5 Å². The van der Waals surface area contributed by atoms with Crippen LogP contribution in [0.4, 0.5) is 5.69 Å². The second-order valence-corrected chi connectivity index (χ2v) is 6.59. The molecule has 3 nitrogen and oxygen atoms in total. The number of nitrogens with zero attached hydrogens (tertiary/aromatic N) is 1. The van der Waals surface area contributed by atoms with Gasteiger partial charge < -0.3 is 15.3 Å². The molecule has 1 heterocycles. The molecule has 0 saturated carbocycles. The van der Waals surface area contributed by atoms with E-state index in [4.69, 9.17) is 0 Å². The van der Waals surface area contributed by atoms with E-state index in [2.05, 4.69) is 41.4 Å². The normalized spacial score (nSPS) is 13.9. The lowest BCUT2D eigenvalue weighted by atomic mass is 10.1. The third-order valence-corrected chi connectivity index (χ3v) is 4.53. The molecule has 0 bridgehead atoms. The van der Waals surface area contributed by atoms with Crippen LogP contribution >= 0.6 is 11.3 Å². The third kappa shape index (κ3) is 4.84. The number of rotatable bonds is 7. The van der Waals surface area contributed by atoms with E-state index in [9.17, 15) is 5.11 Å². The summed E-state index contributed by atoms with van der Waals surface area (Å²) in [7, 11) is 4.09. The highest BCUT2D eigenvalue weighted by Crippen LogP contribution is 2.23. The van der Waals surface area contributed by atoms with E-state index >= 15 is 0 Å². The van der Waals surface area contributed by atoms with Gasteiger partial charge >= 0.3 is 0 Å². The summed E-state index contributed by atoms with van der Waals surface area (Å²) in [6.45, 7) is 2.94. The molecule has 0 fully saturated rings. The van der Waals surface area contributed by atoms with Gasteiger partial charge in [0.15, 0.2) is 0 Å². The molecule has 0 aliphatic carbocycles. The Bertz CT molecular complexity index is 522. The number of aliphatic hydroxyl groups is 1. The monoisotopic (exact) mass is 304 g/mol. The Morgan fingerprint density at radius 3 is 2.48 bits per heavy atom. The van der Waals surface area contributed by atoms with Gasteiger partial charge in [-0.1, -0.05) is 18.2 Å². The van der Waals surface area contributed by atoms with Crippen molar-refractivity contribution < 1.29 is 5.11 Å². The minimum Gasteiger partial charge on any atom is -0.388 e. The first-order chi connectivity index (χ1) is 10.1. The summed E-state index contributed by atoms with van der Waals surface area (Å²) in [5.41, 5.74) is 2.47. The first kappa shape index (κ1) is 16.0. The van der Waals surface area contributed by atoms with Crippen molar-refractivity contribution in [1.82, 2.24) is 5.32 Å². The molecule has 0 amide bonds. The zero-order chi connectivity index (χ0) is 15.2. The third-order valence-electron chi connectivity index (χ3n) is 3.56. The molecule has 1 aromatic carbocycles. The molecular formula is C17H24N2OS.